The van der Waals surface area contributed by atoms with Gasteiger partial charge in [-0.05, 0) is 58.2 Å². The highest BCUT2D eigenvalue weighted by Gasteiger charge is 2.15. The molecule has 3 aromatic rings. The van der Waals surface area contributed by atoms with Gasteiger partial charge in [0.25, 0.3) is 5.69 Å². The van der Waals surface area contributed by atoms with Crippen molar-refractivity contribution in [3.05, 3.63) is 97.8 Å². The highest BCUT2D eigenvalue weighted by molar-refractivity contribution is 9.10. The minimum atomic E-state index is -0.531. The normalized spacial score (nSPS) is 10.8. The van der Waals surface area contributed by atoms with Crippen molar-refractivity contribution in [2.24, 2.45) is 5.10 Å². The van der Waals surface area contributed by atoms with Crippen LogP contribution >= 0.6 is 15.9 Å². The van der Waals surface area contributed by atoms with Gasteiger partial charge in [0.1, 0.15) is 12.4 Å². The van der Waals surface area contributed by atoms with E-state index in [4.69, 9.17) is 9.47 Å². The largest absolute Gasteiger partial charge is 0.490 e. The fraction of sp³-hybridized carbons (Fsp3) is 0.167. The number of nitrogens with zero attached hydrogens (tertiary/aromatic N) is 2. The molecule has 0 saturated heterocycles. The summed E-state index contributed by atoms with van der Waals surface area (Å²) in [5.74, 6) is 0.0509. The number of ether oxygens (including phenoxy) is 2. The van der Waals surface area contributed by atoms with E-state index in [1.54, 1.807) is 30.3 Å². The van der Waals surface area contributed by atoms with Crippen LogP contribution in [-0.4, -0.2) is 23.7 Å². The molecule has 3 rings (SSSR count). The van der Waals surface area contributed by atoms with Crippen LogP contribution in [0.1, 0.15) is 23.6 Å². The van der Waals surface area contributed by atoms with E-state index in [9.17, 15) is 19.3 Å². The molecule has 0 aliphatic rings. The Morgan fingerprint density at radius 1 is 1.18 bits per heavy atom. The Morgan fingerprint density at radius 3 is 2.71 bits per heavy atom. The van der Waals surface area contributed by atoms with E-state index in [1.807, 2.05) is 6.92 Å². The van der Waals surface area contributed by atoms with Gasteiger partial charge in [0.2, 0.25) is 5.91 Å². The average molecular weight is 530 g/mol. The SMILES string of the molecule is CCOc1cc(/C=N/NC(=O)Cc2ccccc2[N+](=O)[O-])cc(Br)c1OCc1cccc(F)c1. The van der Waals surface area contributed by atoms with Crippen LogP contribution in [0.5, 0.6) is 11.5 Å². The molecule has 8 nitrogen and oxygen atoms in total. The average Bonchev–Trinajstić information content (AvgIpc) is 2.79. The molecule has 0 bridgehead atoms. The molecule has 0 fully saturated rings. The van der Waals surface area contributed by atoms with Crippen LogP contribution in [0.15, 0.2) is 70.2 Å². The Labute approximate surface area is 203 Å². The van der Waals surface area contributed by atoms with Crippen LogP contribution in [-0.2, 0) is 17.8 Å². The first-order valence-electron chi connectivity index (χ1n) is 10.2. The maximum atomic E-state index is 13.4. The van der Waals surface area contributed by atoms with Crippen LogP contribution in [0.3, 0.4) is 0 Å². The first-order chi connectivity index (χ1) is 16.4. The summed E-state index contributed by atoms with van der Waals surface area (Å²) in [6, 6.07) is 15.6. The number of nitro groups is 1. The molecule has 0 radical (unpaired) electrons. The van der Waals surface area contributed by atoms with Gasteiger partial charge in [0.15, 0.2) is 11.5 Å². The van der Waals surface area contributed by atoms with Crippen LogP contribution in [0.25, 0.3) is 0 Å². The van der Waals surface area contributed by atoms with Gasteiger partial charge in [0.05, 0.1) is 28.6 Å². The fourth-order valence-corrected chi connectivity index (χ4v) is 3.65. The number of nitro benzene ring substituents is 1. The van der Waals surface area contributed by atoms with Crippen molar-refractivity contribution in [2.75, 3.05) is 6.61 Å². The number of amides is 1. The predicted molar refractivity (Wildman–Crippen MR) is 129 cm³/mol. The molecule has 0 aliphatic carbocycles. The van der Waals surface area contributed by atoms with E-state index < -0.39 is 10.8 Å². The fourth-order valence-electron chi connectivity index (χ4n) is 3.08. The van der Waals surface area contributed by atoms with Gasteiger partial charge in [-0.25, -0.2) is 9.82 Å². The van der Waals surface area contributed by atoms with E-state index in [-0.39, 0.29) is 24.5 Å². The van der Waals surface area contributed by atoms with Gasteiger partial charge in [-0.2, -0.15) is 5.10 Å². The second-order valence-corrected chi connectivity index (χ2v) is 7.89. The van der Waals surface area contributed by atoms with Gasteiger partial charge >= 0.3 is 0 Å². The number of hydrazone groups is 1. The number of rotatable bonds is 10. The molecule has 1 N–H and O–H groups in total. The van der Waals surface area contributed by atoms with Crippen molar-refractivity contribution in [3.8, 4) is 11.5 Å². The van der Waals surface area contributed by atoms with Crippen molar-refractivity contribution in [1.82, 2.24) is 5.43 Å². The van der Waals surface area contributed by atoms with E-state index >= 15 is 0 Å². The lowest BCUT2D eigenvalue weighted by Gasteiger charge is -2.14. The Morgan fingerprint density at radius 2 is 1.97 bits per heavy atom. The molecule has 0 atom stereocenters. The number of hydrogen-bond donors (Lipinski definition) is 1. The second kappa shape index (κ2) is 11.9. The minimum absolute atomic E-state index is 0.124. The van der Waals surface area contributed by atoms with Crippen LogP contribution < -0.4 is 14.9 Å². The second-order valence-electron chi connectivity index (χ2n) is 7.04. The third-order valence-electron chi connectivity index (χ3n) is 4.55. The molecule has 0 saturated carbocycles. The van der Waals surface area contributed by atoms with Crippen molar-refractivity contribution in [2.45, 2.75) is 20.0 Å². The van der Waals surface area contributed by atoms with Crippen molar-refractivity contribution in [3.63, 3.8) is 0 Å². The van der Waals surface area contributed by atoms with Gasteiger partial charge in [0, 0.05) is 11.6 Å². The molecule has 0 heterocycles. The summed E-state index contributed by atoms with van der Waals surface area (Å²) >= 11 is 3.45. The van der Waals surface area contributed by atoms with E-state index in [2.05, 4.69) is 26.5 Å². The first-order valence-corrected chi connectivity index (χ1v) is 11.0. The lowest BCUT2D eigenvalue weighted by atomic mass is 10.1. The molecule has 10 heteroatoms. The molecular formula is C24H21BrFN3O5. The van der Waals surface area contributed by atoms with Crippen LogP contribution in [0, 0.1) is 15.9 Å². The summed E-state index contributed by atoms with van der Waals surface area (Å²) in [5, 5.41) is 15.0. The molecule has 0 aliphatic heterocycles. The van der Waals surface area contributed by atoms with Crippen molar-refractivity contribution in [1.29, 1.82) is 0 Å². The zero-order chi connectivity index (χ0) is 24.5. The number of hydrogen-bond acceptors (Lipinski definition) is 6. The topological polar surface area (TPSA) is 103 Å². The summed E-state index contributed by atoms with van der Waals surface area (Å²) in [4.78, 5) is 22.7. The third kappa shape index (κ3) is 6.85. The quantitative estimate of drug-likeness (QED) is 0.222. The van der Waals surface area contributed by atoms with Gasteiger partial charge in [-0.3, -0.25) is 14.9 Å². The summed E-state index contributed by atoms with van der Waals surface area (Å²) in [7, 11) is 0. The molecule has 3 aromatic carbocycles. The van der Waals surface area contributed by atoms with Gasteiger partial charge in [-0.1, -0.05) is 30.3 Å². The Kier molecular flexibility index (Phi) is 8.69. The van der Waals surface area contributed by atoms with E-state index in [0.717, 1.165) is 0 Å². The lowest BCUT2D eigenvalue weighted by Crippen LogP contribution is -2.20. The highest BCUT2D eigenvalue weighted by Crippen LogP contribution is 2.37. The smallest absolute Gasteiger partial charge is 0.273 e. The summed E-state index contributed by atoms with van der Waals surface area (Å²) < 4.78 is 25.5. The maximum absolute atomic E-state index is 13.4. The summed E-state index contributed by atoms with van der Waals surface area (Å²) in [6.45, 7) is 2.36. The zero-order valence-electron chi connectivity index (χ0n) is 18.2. The Bertz CT molecular complexity index is 1220. The molecule has 0 unspecified atom stereocenters. The number of carbonyl (C=O) groups excluding carboxylic acids is 1. The monoisotopic (exact) mass is 529 g/mol. The number of carbonyl (C=O) groups is 1. The zero-order valence-corrected chi connectivity index (χ0v) is 19.7. The standard InChI is InChI=1S/C24H21BrFN3O5/c1-2-33-22-12-17(11-20(25)24(22)34-15-16-6-5-8-19(26)10-16)14-27-28-23(30)13-18-7-3-4-9-21(18)29(31)32/h3-12,14H,2,13,15H2,1H3,(H,28,30)/b27-14+. The molecular weight excluding hydrogens is 509 g/mol. The molecule has 1 amide bonds. The lowest BCUT2D eigenvalue weighted by molar-refractivity contribution is -0.385. The summed E-state index contributed by atoms with van der Waals surface area (Å²) in [6.07, 6.45) is 1.23. The highest BCUT2D eigenvalue weighted by atomic mass is 79.9. The maximum Gasteiger partial charge on any atom is 0.273 e. The number of benzene rings is 3. The van der Waals surface area contributed by atoms with Gasteiger partial charge in [-0.15, -0.1) is 0 Å². The Hall–Kier alpha value is -3.79. The third-order valence-corrected chi connectivity index (χ3v) is 5.14. The van der Waals surface area contributed by atoms with Crippen molar-refractivity contribution < 1.29 is 23.6 Å². The van der Waals surface area contributed by atoms with Crippen LogP contribution in [0.2, 0.25) is 0 Å². The number of para-hydroxylation sites is 1. The predicted octanol–water partition coefficient (Wildman–Crippen LogP) is 5.17. The summed E-state index contributed by atoms with van der Waals surface area (Å²) in [5.41, 5.74) is 3.82. The molecule has 0 spiro atoms. The Balaban J connectivity index is 1.68. The van der Waals surface area contributed by atoms with E-state index in [0.29, 0.717) is 39.3 Å². The first kappa shape index (κ1) is 24.8. The number of nitrogens with one attached hydrogen (secondary N) is 1. The van der Waals surface area contributed by atoms with Crippen LogP contribution in [0.4, 0.5) is 10.1 Å². The van der Waals surface area contributed by atoms with Gasteiger partial charge < -0.3 is 9.47 Å². The minimum Gasteiger partial charge on any atom is -0.490 e. The van der Waals surface area contributed by atoms with E-state index in [1.165, 1.54) is 36.5 Å². The molecule has 0 aromatic heterocycles. The molecule has 176 valence electrons. The number of halogens is 2. The van der Waals surface area contributed by atoms with Crippen molar-refractivity contribution >= 4 is 33.7 Å². The molecule has 34 heavy (non-hydrogen) atoms.